The Bertz CT molecular complexity index is 306. The van der Waals surface area contributed by atoms with Crippen molar-refractivity contribution in [1.82, 2.24) is 9.55 Å². The quantitative estimate of drug-likeness (QED) is 0.838. The maximum atomic E-state index is 12.0. The predicted octanol–water partition coefficient (Wildman–Crippen LogP) is 1.58. The van der Waals surface area contributed by atoms with E-state index in [9.17, 15) is 13.2 Å². The number of halogens is 3. The molecule has 1 atom stereocenters. The van der Waals surface area contributed by atoms with Crippen LogP contribution in [0.4, 0.5) is 13.2 Å². The lowest BCUT2D eigenvalue weighted by atomic mass is 10.1. The van der Waals surface area contributed by atoms with Gasteiger partial charge in [0.1, 0.15) is 6.54 Å². The van der Waals surface area contributed by atoms with Crippen LogP contribution in [0.15, 0.2) is 12.5 Å². The fraction of sp³-hybridized carbons (Fsp3) is 0.667. The molecule has 1 aromatic rings. The lowest BCUT2D eigenvalue weighted by molar-refractivity contribution is -0.140. The van der Waals surface area contributed by atoms with Crippen molar-refractivity contribution in [2.75, 3.05) is 6.54 Å². The van der Waals surface area contributed by atoms with Gasteiger partial charge in [-0.3, -0.25) is 0 Å². The van der Waals surface area contributed by atoms with Crippen molar-refractivity contribution in [3.05, 3.63) is 18.2 Å². The molecule has 0 aliphatic rings. The zero-order valence-corrected chi connectivity index (χ0v) is 8.46. The third-order valence-electron chi connectivity index (χ3n) is 2.01. The average molecular weight is 221 g/mol. The molecule has 1 rings (SSSR count). The van der Waals surface area contributed by atoms with Crippen molar-refractivity contribution in [1.29, 1.82) is 0 Å². The van der Waals surface area contributed by atoms with Gasteiger partial charge >= 0.3 is 6.18 Å². The lowest BCUT2D eigenvalue weighted by Crippen LogP contribution is -2.16. The van der Waals surface area contributed by atoms with Crippen LogP contribution >= 0.6 is 0 Å². The van der Waals surface area contributed by atoms with Crippen LogP contribution in [-0.4, -0.2) is 22.3 Å². The topological polar surface area (TPSA) is 43.8 Å². The number of nitrogens with zero attached hydrogens (tertiary/aromatic N) is 2. The van der Waals surface area contributed by atoms with Crippen LogP contribution in [0.1, 0.15) is 12.6 Å². The van der Waals surface area contributed by atoms with E-state index in [1.54, 1.807) is 0 Å². The summed E-state index contributed by atoms with van der Waals surface area (Å²) < 4.78 is 37.1. The minimum Gasteiger partial charge on any atom is -0.330 e. The highest BCUT2D eigenvalue weighted by atomic mass is 19.4. The molecule has 1 unspecified atom stereocenters. The minimum absolute atomic E-state index is 0.235. The molecule has 86 valence electrons. The first kappa shape index (κ1) is 12.0. The first-order valence-electron chi connectivity index (χ1n) is 4.68. The SMILES string of the molecule is CC(CN)Cc1cn(CC(F)(F)F)cn1. The second-order valence-electron chi connectivity index (χ2n) is 3.70. The normalized spacial score (nSPS) is 14.2. The molecule has 0 amide bonds. The summed E-state index contributed by atoms with van der Waals surface area (Å²) in [5, 5.41) is 0. The molecular weight excluding hydrogens is 207 g/mol. The number of aromatic nitrogens is 2. The van der Waals surface area contributed by atoms with Crippen LogP contribution in [0.3, 0.4) is 0 Å². The highest BCUT2D eigenvalue weighted by Crippen LogP contribution is 2.17. The number of alkyl halides is 3. The van der Waals surface area contributed by atoms with E-state index in [1.807, 2.05) is 6.92 Å². The third-order valence-corrected chi connectivity index (χ3v) is 2.01. The van der Waals surface area contributed by atoms with E-state index in [0.29, 0.717) is 18.7 Å². The number of nitrogens with two attached hydrogens (primary N) is 1. The molecule has 0 saturated heterocycles. The van der Waals surface area contributed by atoms with Gasteiger partial charge in [-0.2, -0.15) is 13.2 Å². The highest BCUT2D eigenvalue weighted by Gasteiger charge is 2.27. The highest BCUT2D eigenvalue weighted by molar-refractivity contribution is 4.98. The molecule has 0 bridgehead atoms. The van der Waals surface area contributed by atoms with Gasteiger partial charge in [-0.05, 0) is 18.9 Å². The molecule has 2 N–H and O–H groups in total. The largest absolute Gasteiger partial charge is 0.406 e. The summed E-state index contributed by atoms with van der Waals surface area (Å²) in [5.74, 6) is 0.235. The van der Waals surface area contributed by atoms with Crippen molar-refractivity contribution in [2.45, 2.75) is 26.1 Å². The van der Waals surface area contributed by atoms with Gasteiger partial charge in [0.25, 0.3) is 0 Å². The molecule has 3 nitrogen and oxygen atoms in total. The fourth-order valence-electron chi connectivity index (χ4n) is 1.25. The summed E-state index contributed by atoms with van der Waals surface area (Å²) in [6.45, 7) is 1.45. The Kier molecular flexibility index (Phi) is 3.73. The van der Waals surface area contributed by atoms with Crippen LogP contribution in [0.25, 0.3) is 0 Å². The number of rotatable bonds is 4. The maximum absolute atomic E-state index is 12.0. The van der Waals surface area contributed by atoms with Gasteiger partial charge in [-0.1, -0.05) is 6.92 Å². The van der Waals surface area contributed by atoms with E-state index < -0.39 is 12.7 Å². The average Bonchev–Trinajstić information content (AvgIpc) is 2.49. The molecule has 0 aliphatic heterocycles. The van der Waals surface area contributed by atoms with Crippen LogP contribution in [-0.2, 0) is 13.0 Å². The molecule has 0 aliphatic carbocycles. The predicted molar refractivity (Wildman–Crippen MR) is 50.2 cm³/mol. The number of hydrogen-bond donors (Lipinski definition) is 1. The standard InChI is InChI=1S/C9H14F3N3/c1-7(3-13)2-8-4-15(6-14-8)5-9(10,11)12/h4,6-7H,2-3,5,13H2,1H3. The van der Waals surface area contributed by atoms with E-state index >= 15 is 0 Å². The third kappa shape index (κ3) is 4.33. The smallest absolute Gasteiger partial charge is 0.330 e. The van der Waals surface area contributed by atoms with Crippen molar-refractivity contribution in [3.8, 4) is 0 Å². The Morgan fingerprint density at radius 2 is 2.20 bits per heavy atom. The lowest BCUT2D eigenvalue weighted by Gasteiger charge is -2.06. The molecule has 0 saturated carbocycles. The molecule has 0 spiro atoms. The van der Waals surface area contributed by atoms with Crippen molar-refractivity contribution < 1.29 is 13.2 Å². The van der Waals surface area contributed by atoms with E-state index in [2.05, 4.69) is 4.98 Å². The van der Waals surface area contributed by atoms with Gasteiger partial charge in [0, 0.05) is 6.20 Å². The van der Waals surface area contributed by atoms with Crippen molar-refractivity contribution in [3.63, 3.8) is 0 Å². The molecule has 15 heavy (non-hydrogen) atoms. The van der Waals surface area contributed by atoms with Gasteiger partial charge < -0.3 is 10.3 Å². The number of hydrogen-bond acceptors (Lipinski definition) is 2. The van der Waals surface area contributed by atoms with Crippen molar-refractivity contribution >= 4 is 0 Å². The molecule has 0 fully saturated rings. The summed E-state index contributed by atoms with van der Waals surface area (Å²) in [4.78, 5) is 3.90. The van der Waals surface area contributed by atoms with Crippen molar-refractivity contribution in [2.24, 2.45) is 11.7 Å². The Balaban J connectivity index is 2.56. The maximum Gasteiger partial charge on any atom is 0.406 e. The van der Waals surface area contributed by atoms with Gasteiger partial charge in [0.2, 0.25) is 0 Å². The first-order chi connectivity index (χ1) is 6.90. The van der Waals surface area contributed by atoms with Gasteiger partial charge in [0.15, 0.2) is 0 Å². The molecule has 0 radical (unpaired) electrons. The molecule has 6 heteroatoms. The van der Waals surface area contributed by atoms with Crippen LogP contribution in [0.2, 0.25) is 0 Å². The molecule has 1 aromatic heterocycles. The molecule has 1 heterocycles. The minimum atomic E-state index is -4.20. The zero-order valence-electron chi connectivity index (χ0n) is 8.46. The Hall–Kier alpha value is -1.04. The molecular formula is C9H14F3N3. The van der Waals surface area contributed by atoms with Crippen LogP contribution in [0.5, 0.6) is 0 Å². The van der Waals surface area contributed by atoms with E-state index in [1.165, 1.54) is 12.5 Å². The number of imidazole rings is 1. The summed E-state index contributed by atoms with van der Waals surface area (Å²) in [6.07, 6.45) is -0.968. The van der Waals surface area contributed by atoms with E-state index in [0.717, 1.165) is 4.57 Å². The summed E-state index contributed by atoms with van der Waals surface area (Å²) >= 11 is 0. The fourth-order valence-corrected chi connectivity index (χ4v) is 1.25. The Labute approximate surface area is 86.1 Å². The van der Waals surface area contributed by atoms with Gasteiger partial charge in [-0.15, -0.1) is 0 Å². The zero-order chi connectivity index (χ0) is 11.5. The second-order valence-corrected chi connectivity index (χ2v) is 3.70. The molecule has 0 aromatic carbocycles. The van der Waals surface area contributed by atoms with Gasteiger partial charge in [0.05, 0.1) is 12.0 Å². The monoisotopic (exact) mass is 221 g/mol. The Morgan fingerprint density at radius 1 is 1.53 bits per heavy atom. The summed E-state index contributed by atoms with van der Waals surface area (Å²) in [5.41, 5.74) is 6.06. The summed E-state index contributed by atoms with van der Waals surface area (Å²) in [7, 11) is 0. The van der Waals surface area contributed by atoms with E-state index in [-0.39, 0.29) is 5.92 Å². The van der Waals surface area contributed by atoms with Gasteiger partial charge in [-0.25, -0.2) is 4.98 Å². The van der Waals surface area contributed by atoms with Crippen LogP contribution in [0, 0.1) is 5.92 Å². The second kappa shape index (κ2) is 4.65. The van der Waals surface area contributed by atoms with E-state index in [4.69, 9.17) is 5.73 Å². The van der Waals surface area contributed by atoms with Crippen LogP contribution < -0.4 is 5.73 Å². The summed E-state index contributed by atoms with van der Waals surface area (Å²) in [6, 6.07) is 0. The first-order valence-corrected chi connectivity index (χ1v) is 4.68. The Morgan fingerprint density at radius 3 is 2.73 bits per heavy atom.